The highest BCUT2D eigenvalue weighted by molar-refractivity contribution is 7.22. The van der Waals surface area contributed by atoms with Crippen LogP contribution in [0.5, 0.6) is 0 Å². The fourth-order valence-electron chi connectivity index (χ4n) is 2.84. The van der Waals surface area contributed by atoms with Crippen molar-refractivity contribution in [3.05, 3.63) is 41.5 Å². The number of benzene rings is 1. The first kappa shape index (κ1) is 22.3. The largest absolute Gasteiger partial charge is 0.308 e. The van der Waals surface area contributed by atoms with Gasteiger partial charge in [0.15, 0.2) is 10.8 Å². The maximum Gasteiger partial charge on any atom is 0.280 e. The van der Waals surface area contributed by atoms with Crippen LogP contribution < -0.4 is 4.90 Å². The number of halogens is 2. The minimum absolute atomic E-state index is 0. The number of rotatable bonds is 6. The predicted molar refractivity (Wildman–Crippen MR) is 114 cm³/mol. The van der Waals surface area contributed by atoms with Crippen LogP contribution in [0.25, 0.3) is 10.2 Å². The van der Waals surface area contributed by atoms with Crippen LogP contribution in [0.1, 0.15) is 36.1 Å². The zero-order valence-corrected chi connectivity index (χ0v) is 18.3. The number of fused-ring (bicyclic) bond motifs is 1. The normalized spacial score (nSPS) is 11.3. The first-order chi connectivity index (χ1) is 12.8. The number of nitrogens with zero attached hydrogens (tertiary/aromatic N) is 5. The van der Waals surface area contributed by atoms with Gasteiger partial charge in [0.1, 0.15) is 5.82 Å². The number of aryl methyl sites for hydroxylation is 1. The van der Waals surface area contributed by atoms with Crippen molar-refractivity contribution in [3.63, 3.8) is 0 Å². The summed E-state index contributed by atoms with van der Waals surface area (Å²) in [4.78, 5) is 21.4. The van der Waals surface area contributed by atoms with Crippen molar-refractivity contribution in [2.24, 2.45) is 0 Å². The van der Waals surface area contributed by atoms with Gasteiger partial charge in [-0.15, -0.1) is 12.4 Å². The van der Waals surface area contributed by atoms with E-state index >= 15 is 0 Å². The number of carbonyl (C=O) groups excluding carboxylic acids is 1. The van der Waals surface area contributed by atoms with E-state index in [2.05, 4.69) is 10.1 Å². The Morgan fingerprint density at radius 3 is 2.57 bits per heavy atom. The maximum atomic E-state index is 13.5. The number of anilines is 1. The molecule has 2 heterocycles. The maximum absolute atomic E-state index is 13.5. The van der Waals surface area contributed by atoms with E-state index in [1.165, 1.54) is 23.5 Å². The quantitative estimate of drug-likeness (QED) is 0.595. The van der Waals surface area contributed by atoms with Crippen LogP contribution in [0.3, 0.4) is 0 Å². The van der Waals surface area contributed by atoms with E-state index in [0.29, 0.717) is 29.4 Å². The Morgan fingerprint density at radius 1 is 1.25 bits per heavy atom. The van der Waals surface area contributed by atoms with E-state index in [1.807, 2.05) is 44.4 Å². The highest BCUT2D eigenvalue weighted by Crippen LogP contribution is 2.30. The van der Waals surface area contributed by atoms with Crippen LogP contribution in [0.15, 0.2) is 24.3 Å². The molecule has 0 atom stereocenters. The van der Waals surface area contributed by atoms with Crippen molar-refractivity contribution in [1.29, 1.82) is 0 Å². The molecule has 1 amide bonds. The molecular formula is C19H25ClFN5OS. The van der Waals surface area contributed by atoms with Crippen molar-refractivity contribution >= 4 is 45.0 Å². The average molecular weight is 426 g/mol. The topological polar surface area (TPSA) is 54.3 Å². The number of likely N-dealkylation sites (N-methyl/N-ethyl adjacent to an activating group) is 1. The standard InChI is InChI=1S/C19H24FN5OS.ClH/c1-12(2)25-13(3)10-16(22-25)18(26)24(9-8-23(4)5)19-21-15-7-6-14(20)11-17(15)27-19;/h6-7,10-12H,8-9H2,1-5H3;1H. The zero-order valence-electron chi connectivity index (χ0n) is 16.6. The second-order valence-electron chi connectivity index (χ2n) is 7.08. The van der Waals surface area contributed by atoms with Crippen molar-refractivity contribution in [2.75, 3.05) is 32.1 Å². The summed E-state index contributed by atoms with van der Waals surface area (Å²) in [6, 6.07) is 6.44. The van der Waals surface area contributed by atoms with Gasteiger partial charge < -0.3 is 4.90 Å². The molecule has 0 radical (unpaired) electrons. The summed E-state index contributed by atoms with van der Waals surface area (Å²) in [5, 5.41) is 5.03. The Hall–Kier alpha value is -2.03. The molecule has 0 saturated heterocycles. The second-order valence-corrected chi connectivity index (χ2v) is 8.09. The first-order valence-electron chi connectivity index (χ1n) is 8.85. The van der Waals surface area contributed by atoms with Gasteiger partial charge in [0, 0.05) is 24.8 Å². The van der Waals surface area contributed by atoms with Gasteiger partial charge in [-0.2, -0.15) is 5.10 Å². The predicted octanol–water partition coefficient (Wildman–Crippen LogP) is 4.15. The van der Waals surface area contributed by atoms with Gasteiger partial charge in [0.2, 0.25) is 0 Å². The Bertz CT molecular complexity index is 969. The monoisotopic (exact) mass is 425 g/mol. The summed E-state index contributed by atoms with van der Waals surface area (Å²) >= 11 is 1.31. The van der Waals surface area contributed by atoms with E-state index in [0.717, 1.165) is 10.4 Å². The number of hydrogen-bond acceptors (Lipinski definition) is 5. The average Bonchev–Trinajstić information content (AvgIpc) is 3.17. The Balaban J connectivity index is 0.00000280. The fraction of sp³-hybridized carbons (Fsp3) is 0.421. The minimum Gasteiger partial charge on any atom is -0.308 e. The molecule has 3 aromatic rings. The molecule has 0 N–H and O–H groups in total. The van der Waals surface area contributed by atoms with Gasteiger partial charge in [-0.1, -0.05) is 11.3 Å². The Kier molecular flexibility index (Phi) is 7.14. The third-order valence-corrected chi connectivity index (χ3v) is 5.26. The van der Waals surface area contributed by atoms with Gasteiger partial charge in [-0.25, -0.2) is 9.37 Å². The number of aromatic nitrogens is 3. The summed E-state index contributed by atoms with van der Waals surface area (Å²) in [6.45, 7) is 7.15. The lowest BCUT2D eigenvalue weighted by Crippen LogP contribution is -2.37. The summed E-state index contributed by atoms with van der Waals surface area (Å²) in [6.07, 6.45) is 0. The van der Waals surface area contributed by atoms with Crippen molar-refractivity contribution < 1.29 is 9.18 Å². The molecule has 0 spiro atoms. The molecule has 28 heavy (non-hydrogen) atoms. The lowest BCUT2D eigenvalue weighted by Gasteiger charge is -2.21. The van der Waals surface area contributed by atoms with Gasteiger partial charge in [-0.3, -0.25) is 14.4 Å². The lowest BCUT2D eigenvalue weighted by molar-refractivity contribution is 0.0979. The highest BCUT2D eigenvalue weighted by atomic mass is 35.5. The van der Waals surface area contributed by atoms with Gasteiger partial charge in [0.25, 0.3) is 5.91 Å². The SMILES string of the molecule is Cc1cc(C(=O)N(CCN(C)C)c2nc3ccc(F)cc3s2)nn1C(C)C.Cl. The van der Waals surface area contributed by atoms with Crippen molar-refractivity contribution in [2.45, 2.75) is 26.8 Å². The van der Waals surface area contributed by atoms with Gasteiger partial charge in [-0.05, 0) is 59.1 Å². The molecule has 0 bridgehead atoms. The van der Waals surface area contributed by atoms with E-state index in [4.69, 9.17) is 0 Å². The van der Waals surface area contributed by atoms with Gasteiger partial charge >= 0.3 is 0 Å². The Morgan fingerprint density at radius 2 is 1.96 bits per heavy atom. The molecule has 0 unspecified atom stereocenters. The van der Waals surface area contributed by atoms with Crippen LogP contribution in [-0.2, 0) is 0 Å². The van der Waals surface area contributed by atoms with E-state index < -0.39 is 0 Å². The molecule has 3 rings (SSSR count). The number of hydrogen-bond donors (Lipinski definition) is 0. The summed E-state index contributed by atoms with van der Waals surface area (Å²) in [7, 11) is 3.90. The highest BCUT2D eigenvalue weighted by Gasteiger charge is 2.24. The molecule has 0 fully saturated rings. The summed E-state index contributed by atoms with van der Waals surface area (Å²) < 4.78 is 16.1. The van der Waals surface area contributed by atoms with E-state index in [1.54, 1.807) is 17.0 Å². The van der Waals surface area contributed by atoms with Crippen LogP contribution in [0.2, 0.25) is 0 Å². The molecule has 152 valence electrons. The first-order valence-corrected chi connectivity index (χ1v) is 9.66. The molecule has 1 aromatic carbocycles. The number of thiazole rings is 1. The molecule has 2 aromatic heterocycles. The van der Waals surface area contributed by atoms with Crippen molar-refractivity contribution in [3.8, 4) is 0 Å². The molecule has 0 saturated carbocycles. The van der Waals surface area contributed by atoms with Crippen LogP contribution in [-0.4, -0.2) is 52.8 Å². The second kappa shape index (κ2) is 8.98. The van der Waals surface area contributed by atoms with Gasteiger partial charge in [0.05, 0.1) is 10.2 Å². The minimum atomic E-state index is -0.310. The van der Waals surface area contributed by atoms with Crippen LogP contribution in [0, 0.1) is 12.7 Å². The Labute approximate surface area is 174 Å². The zero-order chi connectivity index (χ0) is 19.7. The molecule has 6 nitrogen and oxygen atoms in total. The summed E-state index contributed by atoms with van der Waals surface area (Å²) in [5.41, 5.74) is 2.01. The molecule has 0 aliphatic carbocycles. The summed E-state index contributed by atoms with van der Waals surface area (Å²) in [5.74, 6) is -0.506. The van der Waals surface area contributed by atoms with Crippen molar-refractivity contribution in [1.82, 2.24) is 19.7 Å². The smallest absolute Gasteiger partial charge is 0.280 e. The fourth-order valence-corrected chi connectivity index (χ4v) is 3.85. The molecule has 9 heteroatoms. The lowest BCUT2D eigenvalue weighted by atomic mass is 10.3. The van der Waals surface area contributed by atoms with Crippen LogP contribution in [0.4, 0.5) is 9.52 Å². The van der Waals surface area contributed by atoms with E-state index in [9.17, 15) is 9.18 Å². The third-order valence-electron chi connectivity index (χ3n) is 4.22. The van der Waals surface area contributed by atoms with E-state index in [-0.39, 0.29) is 30.2 Å². The third kappa shape index (κ3) is 4.68. The van der Waals surface area contributed by atoms with Crippen LogP contribution >= 0.6 is 23.7 Å². The number of carbonyl (C=O) groups is 1. The number of amides is 1. The molecule has 0 aliphatic heterocycles. The molecular weight excluding hydrogens is 401 g/mol. The molecule has 0 aliphatic rings.